The predicted molar refractivity (Wildman–Crippen MR) is 143 cm³/mol. The number of ether oxygens (including phenoxy) is 1. The molecule has 0 unspecified atom stereocenters. The molecule has 0 spiro atoms. The highest BCUT2D eigenvalue weighted by atomic mass is 35.5. The first-order chi connectivity index (χ1) is 16.7. The molecule has 2 aromatic rings. The second-order valence-electron chi connectivity index (χ2n) is 6.96. The molecule has 35 heavy (non-hydrogen) atoms. The first-order valence-electron chi connectivity index (χ1n) is 10.5. The lowest BCUT2D eigenvalue weighted by molar-refractivity contribution is -0.111. The maximum Gasteiger partial charge on any atom is 0.274 e. The van der Waals surface area contributed by atoms with Gasteiger partial charge in [0.05, 0.1) is 30.7 Å². The minimum atomic E-state index is -0.375. The van der Waals surface area contributed by atoms with Crippen LogP contribution in [0.1, 0.15) is 29.8 Å². The number of aryl methyl sites for hydroxylation is 1. The number of amides is 2. The standard InChI is InChI=1S/C16H20ClN3O3.C10H11NO/c1-6-13(17)10(2)18-11(3)19-14-9-12(16(21)20-23-5)7-8-15(14)22-4;1-3-10(12)11-9-7-5-4-6-8(9)2/h6-9,19H,3H2,1-2,4-5H3,(H,20,21);3-7H,1H2,2H3,(H,11,12)/b13-6+,18-10-;. The molecule has 2 aromatic carbocycles. The van der Waals surface area contributed by atoms with Gasteiger partial charge in [0.25, 0.3) is 5.91 Å². The lowest BCUT2D eigenvalue weighted by atomic mass is 10.1. The highest BCUT2D eigenvalue weighted by Crippen LogP contribution is 2.27. The number of aliphatic imine (C=N–C) groups is 1. The van der Waals surface area contributed by atoms with Crippen LogP contribution in [0.5, 0.6) is 5.75 Å². The van der Waals surface area contributed by atoms with E-state index < -0.39 is 0 Å². The Morgan fingerprint density at radius 3 is 2.34 bits per heavy atom. The Morgan fingerprint density at radius 1 is 1.09 bits per heavy atom. The van der Waals surface area contributed by atoms with Crippen molar-refractivity contribution >= 4 is 40.5 Å². The molecule has 0 aromatic heterocycles. The third-order valence-electron chi connectivity index (χ3n) is 4.43. The molecule has 0 saturated heterocycles. The zero-order chi connectivity index (χ0) is 26.4. The summed E-state index contributed by atoms with van der Waals surface area (Å²) < 4.78 is 5.26. The molecule has 3 N–H and O–H groups in total. The van der Waals surface area contributed by atoms with Gasteiger partial charge in [0.1, 0.15) is 11.6 Å². The average Bonchev–Trinajstić information content (AvgIpc) is 2.85. The normalized spacial score (nSPS) is 10.9. The molecule has 0 aliphatic carbocycles. The van der Waals surface area contributed by atoms with Crippen LogP contribution in [0.3, 0.4) is 0 Å². The summed E-state index contributed by atoms with van der Waals surface area (Å²) in [6.45, 7) is 12.7. The lowest BCUT2D eigenvalue weighted by Gasteiger charge is -2.13. The number of allylic oxidation sites excluding steroid dienone is 2. The van der Waals surface area contributed by atoms with Crippen LogP contribution in [0.15, 0.2) is 83.6 Å². The van der Waals surface area contributed by atoms with Crippen molar-refractivity contribution in [1.82, 2.24) is 5.48 Å². The highest BCUT2D eigenvalue weighted by Gasteiger charge is 2.11. The molecule has 2 amide bonds. The van der Waals surface area contributed by atoms with E-state index in [1.807, 2.05) is 38.1 Å². The number of anilines is 2. The SMILES string of the molecule is C=C(/N=C(C)\C(Cl)=C/C)Nc1cc(C(=O)NOC)ccc1OC.C=CC(=O)Nc1ccccc1C. The Kier molecular flexibility index (Phi) is 12.6. The minimum Gasteiger partial charge on any atom is -0.495 e. The fraction of sp³-hybridized carbons (Fsp3) is 0.192. The van der Waals surface area contributed by atoms with Gasteiger partial charge in [-0.15, -0.1) is 0 Å². The molecule has 0 radical (unpaired) electrons. The Hall–Kier alpha value is -3.88. The maximum absolute atomic E-state index is 11.8. The number of halogens is 1. The summed E-state index contributed by atoms with van der Waals surface area (Å²) in [4.78, 5) is 31.6. The second kappa shape index (κ2) is 15.1. The van der Waals surface area contributed by atoms with Crippen LogP contribution in [0.25, 0.3) is 0 Å². The fourth-order valence-corrected chi connectivity index (χ4v) is 2.69. The zero-order valence-corrected chi connectivity index (χ0v) is 21.3. The molecule has 9 heteroatoms. The minimum absolute atomic E-state index is 0.177. The van der Waals surface area contributed by atoms with Gasteiger partial charge < -0.3 is 15.4 Å². The zero-order valence-electron chi connectivity index (χ0n) is 20.6. The molecule has 0 aliphatic rings. The summed E-state index contributed by atoms with van der Waals surface area (Å²) in [6.07, 6.45) is 3.00. The highest BCUT2D eigenvalue weighted by molar-refractivity contribution is 6.43. The number of hydrogen-bond donors (Lipinski definition) is 3. The Balaban J connectivity index is 0.000000427. The molecule has 0 aliphatic heterocycles. The van der Waals surface area contributed by atoms with Crippen molar-refractivity contribution in [2.24, 2.45) is 4.99 Å². The quantitative estimate of drug-likeness (QED) is 0.237. The Morgan fingerprint density at radius 2 is 1.77 bits per heavy atom. The third-order valence-corrected chi connectivity index (χ3v) is 4.92. The Bertz CT molecular complexity index is 1130. The first kappa shape index (κ1) is 29.2. The van der Waals surface area contributed by atoms with E-state index in [2.05, 4.69) is 39.1 Å². The van der Waals surface area contributed by atoms with Crippen molar-refractivity contribution in [2.75, 3.05) is 24.9 Å². The second-order valence-corrected chi connectivity index (χ2v) is 7.37. The van der Waals surface area contributed by atoms with Crippen LogP contribution in [-0.2, 0) is 9.63 Å². The van der Waals surface area contributed by atoms with Crippen LogP contribution in [0.2, 0.25) is 0 Å². The molecule has 0 fully saturated rings. The molecular weight excluding hydrogens is 468 g/mol. The van der Waals surface area contributed by atoms with Gasteiger partial charge in [-0.25, -0.2) is 10.5 Å². The van der Waals surface area contributed by atoms with Gasteiger partial charge >= 0.3 is 0 Å². The van der Waals surface area contributed by atoms with Gasteiger partial charge in [-0.05, 0) is 56.7 Å². The van der Waals surface area contributed by atoms with Gasteiger partial charge in [-0.1, -0.05) is 49.0 Å². The maximum atomic E-state index is 11.8. The summed E-state index contributed by atoms with van der Waals surface area (Å²) in [7, 11) is 2.90. The Labute approximate surface area is 211 Å². The predicted octanol–water partition coefficient (Wildman–Crippen LogP) is 5.59. The lowest BCUT2D eigenvalue weighted by Crippen LogP contribution is -2.21. The molecule has 0 atom stereocenters. The van der Waals surface area contributed by atoms with E-state index in [1.54, 1.807) is 31.2 Å². The van der Waals surface area contributed by atoms with Crippen LogP contribution in [-0.4, -0.2) is 31.7 Å². The van der Waals surface area contributed by atoms with Gasteiger partial charge in [0.2, 0.25) is 5.91 Å². The summed E-state index contributed by atoms with van der Waals surface area (Å²) in [5.41, 5.74) is 5.71. The van der Waals surface area contributed by atoms with Crippen molar-refractivity contribution < 1.29 is 19.2 Å². The number of rotatable bonds is 9. The van der Waals surface area contributed by atoms with Crippen molar-refractivity contribution in [3.05, 3.63) is 89.8 Å². The topological polar surface area (TPSA) is 101 Å². The van der Waals surface area contributed by atoms with Gasteiger partial charge in [0.15, 0.2) is 0 Å². The summed E-state index contributed by atoms with van der Waals surface area (Å²) in [5, 5.41) is 6.23. The average molecular weight is 499 g/mol. The van der Waals surface area contributed by atoms with Gasteiger partial charge in [0, 0.05) is 11.3 Å². The van der Waals surface area contributed by atoms with E-state index in [0.717, 1.165) is 11.3 Å². The number of benzene rings is 2. The van der Waals surface area contributed by atoms with Crippen LogP contribution >= 0.6 is 11.6 Å². The molecular formula is C26H31ClN4O4. The first-order valence-corrected chi connectivity index (χ1v) is 10.9. The summed E-state index contributed by atoms with van der Waals surface area (Å²) in [6, 6.07) is 12.5. The van der Waals surface area contributed by atoms with E-state index in [1.165, 1.54) is 20.3 Å². The number of nitrogens with one attached hydrogen (secondary N) is 3. The van der Waals surface area contributed by atoms with E-state index in [0.29, 0.717) is 33.6 Å². The molecule has 2 rings (SSSR count). The largest absolute Gasteiger partial charge is 0.495 e. The number of para-hydroxylation sites is 1. The molecule has 8 nitrogen and oxygen atoms in total. The van der Waals surface area contributed by atoms with Crippen molar-refractivity contribution in [1.29, 1.82) is 0 Å². The number of hydrogen-bond acceptors (Lipinski definition) is 6. The molecule has 0 saturated carbocycles. The van der Waals surface area contributed by atoms with Crippen LogP contribution < -0.4 is 20.9 Å². The smallest absolute Gasteiger partial charge is 0.274 e. The van der Waals surface area contributed by atoms with E-state index in [9.17, 15) is 9.59 Å². The molecule has 0 bridgehead atoms. The number of methoxy groups -OCH3 is 1. The van der Waals surface area contributed by atoms with E-state index >= 15 is 0 Å². The van der Waals surface area contributed by atoms with Crippen molar-refractivity contribution in [3.8, 4) is 5.75 Å². The molecule has 186 valence electrons. The number of carbonyl (C=O) groups excluding carboxylic acids is 2. The van der Waals surface area contributed by atoms with Gasteiger partial charge in [-0.3, -0.25) is 14.4 Å². The number of carbonyl (C=O) groups is 2. The fourth-order valence-electron chi connectivity index (χ4n) is 2.64. The monoisotopic (exact) mass is 498 g/mol. The summed E-state index contributed by atoms with van der Waals surface area (Å²) in [5.74, 6) is 0.361. The van der Waals surface area contributed by atoms with Gasteiger partial charge in [-0.2, -0.15) is 0 Å². The van der Waals surface area contributed by atoms with Crippen LogP contribution in [0, 0.1) is 6.92 Å². The molecule has 0 heterocycles. The van der Waals surface area contributed by atoms with E-state index in [4.69, 9.17) is 16.3 Å². The van der Waals surface area contributed by atoms with Crippen LogP contribution in [0.4, 0.5) is 11.4 Å². The van der Waals surface area contributed by atoms with Crippen molar-refractivity contribution in [2.45, 2.75) is 20.8 Å². The third kappa shape index (κ3) is 9.87. The van der Waals surface area contributed by atoms with Crippen molar-refractivity contribution in [3.63, 3.8) is 0 Å². The number of hydroxylamine groups is 1. The van der Waals surface area contributed by atoms with E-state index in [-0.39, 0.29) is 11.8 Å². The number of nitrogens with zero attached hydrogens (tertiary/aromatic N) is 1. The summed E-state index contributed by atoms with van der Waals surface area (Å²) >= 11 is 5.99.